The van der Waals surface area contributed by atoms with Gasteiger partial charge in [0.25, 0.3) is 0 Å². The van der Waals surface area contributed by atoms with Gasteiger partial charge < -0.3 is 70.8 Å². The van der Waals surface area contributed by atoms with Crippen LogP contribution < -0.4 is 0 Å². The normalized spacial score (nSPS) is 10.3. The number of thiazole rings is 1. The molecule has 0 bridgehead atoms. The van der Waals surface area contributed by atoms with Crippen molar-refractivity contribution in [3.63, 3.8) is 0 Å². The van der Waals surface area contributed by atoms with Gasteiger partial charge >= 0.3 is 0 Å². The van der Waals surface area contributed by atoms with Crippen LogP contribution in [0.1, 0.15) is 41.5 Å². The van der Waals surface area contributed by atoms with Gasteiger partial charge in [-0.1, -0.05) is 233 Å². The van der Waals surface area contributed by atoms with Gasteiger partial charge in [0.1, 0.15) is 0 Å². The minimum atomic E-state index is -0.125. The summed E-state index contributed by atoms with van der Waals surface area (Å²) < 4.78 is 30.8. The Morgan fingerprint density at radius 1 is 0.403 bits per heavy atom. The van der Waals surface area contributed by atoms with Crippen LogP contribution in [-0.2, 0) is 170 Å². The first kappa shape index (κ1) is 113. The fourth-order valence-corrected chi connectivity index (χ4v) is 14.9. The van der Waals surface area contributed by atoms with Crippen molar-refractivity contribution in [1.82, 2.24) is 57.7 Å². The molecule has 0 spiro atoms. The molecule has 13 aromatic heterocycles. The quantitative estimate of drug-likeness (QED) is 0.0460. The van der Waals surface area contributed by atoms with Crippen LogP contribution in [-0.4, -0.2) is 90.4 Å². The molecule has 134 heavy (non-hydrogen) atoms. The van der Waals surface area contributed by atoms with E-state index in [1.165, 1.54) is 117 Å². The number of aliphatic hydroxyl groups excluding tert-OH is 3. The van der Waals surface area contributed by atoms with Crippen LogP contribution in [0.3, 0.4) is 0 Å². The van der Waals surface area contributed by atoms with E-state index in [2.05, 4.69) is 161 Å². The molecule has 0 aliphatic heterocycles. The third-order valence-electron chi connectivity index (χ3n) is 17.9. The van der Waals surface area contributed by atoms with Crippen molar-refractivity contribution in [2.75, 3.05) is 0 Å². The molecule has 0 saturated heterocycles. The molecule has 0 fully saturated rings. The van der Waals surface area contributed by atoms with Crippen LogP contribution in [0.2, 0.25) is 0 Å². The number of nitrogens with zero attached hydrogens (tertiary/aromatic N) is 12. The molecule has 0 unspecified atom stereocenters. The van der Waals surface area contributed by atoms with Gasteiger partial charge in [0.15, 0.2) is 30.1 Å². The van der Waals surface area contributed by atoms with Crippen molar-refractivity contribution in [2.45, 2.75) is 41.5 Å². The Labute approximate surface area is 871 Å². The van der Waals surface area contributed by atoms with Gasteiger partial charge in [-0.25, -0.2) is 11.3 Å². The molecular formula is C103H90Ir6N12O10S3-6. The summed E-state index contributed by atoms with van der Waals surface area (Å²) >= 11 is 4.96. The van der Waals surface area contributed by atoms with Crippen LogP contribution in [0.4, 0.5) is 0 Å². The average Bonchev–Trinajstić information content (AvgIpc) is 1.66. The predicted octanol–water partition coefficient (Wildman–Crippen LogP) is 24.7. The summed E-state index contributed by atoms with van der Waals surface area (Å²) in [5.74, 6) is 1.38. The Kier molecular flexibility index (Phi) is 49.1. The Hall–Kier alpha value is -11.8. The first-order valence-corrected chi connectivity index (χ1v) is 42.3. The zero-order valence-electron chi connectivity index (χ0n) is 74.0. The van der Waals surface area contributed by atoms with E-state index < -0.39 is 0 Å². The number of hydrogen-bond acceptors (Lipinski definition) is 20. The van der Waals surface area contributed by atoms with Gasteiger partial charge in [0.05, 0.1) is 48.8 Å². The molecule has 19 aromatic rings. The first-order chi connectivity index (χ1) is 62.0. The number of benzene rings is 6. The zero-order chi connectivity index (χ0) is 90.7. The Morgan fingerprint density at radius 2 is 0.881 bits per heavy atom. The predicted molar refractivity (Wildman–Crippen MR) is 506 cm³/mol. The van der Waals surface area contributed by atoms with Gasteiger partial charge in [-0.3, -0.25) is 45.7 Å². The fraction of sp³-hybridized carbons (Fsp3) is 0.107. The molecule has 19 rings (SSSR count). The maximum absolute atomic E-state index is 10.0. The molecule has 0 amide bonds. The average molecular weight is 2910 g/mol. The number of imidazole rings is 3. The van der Waals surface area contributed by atoms with Crippen LogP contribution >= 0.6 is 34.0 Å². The number of ketones is 3. The molecule has 700 valence electrons. The molecule has 13 heterocycles. The monoisotopic (exact) mass is 2910 g/mol. The van der Waals surface area contributed by atoms with Crippen molar-refractivity contribution in [3.05, 3.63) is 382 Å². The second kappa shape index (κ2) is 58.4. The largest absolute Gasteiger partial charge is 0.535 e. The van der Waals surface area contributed by atoms with E-state index >= 15 is 0 Å². The van der Waals surface area contributed by atoms with Crippen molar-refractivity contribution < 1.29 is 168 Å². The van der Waals surface area contributed by atoms with E-state index in [-0.39, 0.29) is 155 Å². The Morgan fingerprint density at radius 3 is 1.33 bits per heavy atom. The number of hydrogen-bond donors (Lipinski definition) is 3. The summed E-state index contributed by atoms with van der Waals surface area (Å²) in [6, 6.07) is 79.4. The smallest absolute Gasteiger partial charge is 0.167 e. The minimum Gasteiger partial charge on any atom is -0.535 e. The van der Waals surface area contributed by atoms with E-state index in [4.69, 9.17) is 33.0 Å². The summed E-state index contributed by atoms with van der Waals surface area (Å²) in [6.07, 6.45) is 33.3. The van der Waals surface area contributed by atoms with E-state index in [9.17, 15) is 14.4 Å². The Bertz CT molecular complexity index is 6520. The summed E-state index contributed by atoms with van der Waals surface area (Å²) in [5, 5.41) is 35.6. The standard InChI is InChI=1S/C20H15N2S.C15H14N3.C14H11N2O.C13H10N3O.C13H8NO2.C13H8NS2.3C5H8O2.6Ir/c1-22-13-19(21-14-22)18-10-11-23-20(18)17-9-5-8-16(12-17)15-6-3-2-4-7-15;1-17-9-8-13(10-17)14-15(18(2)11-16-14)12-6-4-3-5-7-12;1-16-9-13(15-10-16)12-7-8-17-14(12)11-5-3-2-4-6-11;1-16-6-4-11(12-8-17-9-15-12)13(16)10-3-2-5-14-7-10;1-2-4-10(5-3-1)13-11(6-7-16-13)12-8-15-9-14-12;1-2-4-10(5-3-1)11-8-15-9-12(11)13-14-6-7-16-13;3*1-4(6)3-5(2)7;;;;;;/h2-9,11-14H,1H3;3-7,9-11H,1-2H3;2-6,8-10H,1H3;2-3,5-9H,1H3;1-5,7-9H;1-8H;3*3,6H,1-2H3;;;;;;/q6*-1;;;;;;;;;. The molecule has 0 atom stereocenters. The SMILES string of the molecule is CC(=O)C=C(C)O.CC(=O)C=C(C)O.CC(=O)C=C(C)O.Cn1c[c-]c(-c2cocn2)c1-c1cccnc1.Cn1c[c-]c(-c2ncn(C)c2-c2ccccc2)c1.Cn1cnc(-c2[c-]coc2-c2ccccc2)c1.Cn1cnc(-c2[c-]csc2-c2cccc(-c3ccccc3)c2)c1.[Ir].[Ir].[Ir].[Ir].[Ir].[Ir].[c-]1coc(-c2ccccc2)c1-c1cocn1.[c-]1scc(-c2ccccc2)c1-c1nccs1. The third kappa shape index (κ3) is 34.0. The number of carbonyl (C=O) groups is 3. The van der Waals surface area contributed by atoms with E-state index in [0.29, 0.717) is 0 Å². The molecule has 6 aromatic carbocycles. The molecule has 31 heteroatoms. The summed E-state index contributed by atoms with van der Waals surface area (Å²) in [5.41, 5.74) is 22.7. The molecular weight excluding hydrogens is 2810 g/mol. The van der Waals surface area contributed by atoms with Crippen LogP contribution in [0, 0.1) is 35.7 Å². The maximum Gasteiger partial charge on any atom is 0.167 e. The van der Waals surface area contributed by atoms with Crippen LogP contribution in [0.15, 0.2) is 364 Å². The number of rotatable bonds is 16. The number of thiophene rings is 2. The fourth-order valence-electron chi connectivity index (χ4n) is 12.6. The van der Waals surface area contributed by atoms with Gasteiger partial charge in [0, 0.05) is 224 Å². The number of aryl methyl sites for hydroxylation is 5. The first-order valence-electron chi connectivity index (χ1n) is 39.7. The van der Waals surface area contributed by atoms with Crippen molar-refractivity contribution >= 4 is 51.4 Å². The topological polar surface area (TPSA) is 279 Å². The number of furan rings is 2. The second-order valence-corrected chi connectivity index (χ2v) is 30.7. The minimum absolute atomic E-state index is 0. The number of oxazole rings is 2. The molecule has 3 N–H and O–H groups in total. The molecule has 0 aliphatic rings. The third-order valence-corrected chi connectivity index (χ3v) is 20.3. The molecule has 22 nitrogen and oxygen atoms in total. The number of carbonyl (C=O) groups excluding carboxylic acids is 3. The maximum atomic E-state index is 10.0. The van der Waals surface area contributed by atoms with Crippen molar-refractivity contribution in [3.8, 4) is 145 Å². The molecule has 6 radical (unpaired) electrons. The van der Waals surface area contributed by atoms with Crippen molar-refractivity contribution in [2.24, 2.45) is 35.2 Å². The summed E-state index contributed by atoms with van der Waals surface area (Å²) in [7, 11) is 9.91. The Balaban J connectivity index is 0.000000271. The van der Waals surface area contributed by atoms with E-state index in [1.54, 1.807) is 65.3 Å². The van der Waals surface area contributed by atoms with E-state index in [0.717, 1.165) is 106 Å². The number of aliphatic hydroxyl groups is 3. The van der Waals surface area contributed by atoms with E-state index in [1.807, 2.05) is 228 Å². The van der Waals surface area contributed by atoms with Gasteiger partial charge in [-0.2, -0.15) is 29.5 Å². The summed E-state index contributed by atoms with van der Waals surface area (Å²) in [6.45, 7) is 8.54. The number of allylic oxidation sites excluding steroid dienone is 6. The second-order valence-electron chi connectivity index (χ2n) is 28.3. The van der Waals surface area contributed by atoms with Crippen LogP contribution in [0.25, 0.3) is 145 Å². The summed E-state index contributed by atoms with van der Waals surface area (Å²) in [4.78, 5) is 61.2. The van der Waals surface area contributed by atoms with Gasteiger partial charge in [0.2, 0.25) is 0 Å². The molecule has 0 saturated carbocycles. The molecule has 0 aliphatic carbocycles. The number of pyridine rings is 1. The van der Waals surface area contributed by atoms with Crippen LogP contribution in [0.5, 0.6) is 0 Å². The number of aromatic nitrogens is 12. The van der Waals surface area contributed by atoms with Gasteiger partial charge in [-0.05, 0) is 130 Å². The zero-order valence-corrected chi connectivity index (χ0v) is 90.8. The van der Waals surface area contributed by atoms with Gasteiger partial charge in [-0.15, -0.1) is 56.5 Å². The van der Waals surface area contributed by atoms with Crippen molar-refractivity contribution in [1.29, 1.82) is 0 Å².